The Balaban J connectivity index is 2.35. The fraction of sp³-hybridized carbons (Fsp3) is 0.467. The third-order valence-corrected chi connectivity index (χ3v) is 3.29. The fourth-order valence-corrected chi connectivity index (χ4v) is 2.28. The first-order valence-electron chi connectivity index (χ1n) is 6.57. The van der Waals surface area contributed by atoms with E-state index in [2.05, 4.69) is 5.32 Å². The highest BCUT2D eigenvalue weighted by molar-refractivity contribution is 5.80. The van der Waals surface area contributed by atoms with Crippen molar-refractivity contribution < 1.29 is 8.78 Å². The Labute approximate surface area is 113 Å². The standard InChI is InChI=1S/C15H20F2N2/c1-19(2)11-5-7-13-12-6-3-4-8-14(12)18-10-9-15(13,16)17/h3-4,6-8,18H,5,9-11H2,1-2H3. The molecule has 0 bridgehead atoms. The van der Waals surface area contributed by atoms with Crippen LogP contribution in [0.5, 0.6) is 0 Å². The molecular weight excluding hydrogens is 246 g/mol. The largest absolute Gasteiger partial charge is 0.384 e. The molecule has 1 aromatic carbocycles. The third kappa shape index (κ3) is 3.32. The maximum Gasteiger partial charge on any atom is 0.275 e. The van der Waals surface area contributed by atoms with Gasteiger partial charge in [-0.15, -0.1) is 0 Å². The van der Waals surface area contributed by atoms with Crippen molar-refractivity contribution in [1.82, 2.24) is 4.90 Å². The summed E-state index contributed by atoms with van der Waals surface area (Å²) in [5.41, 5.74) is 1.59. The van der Waals surface area contributed by atoms with E-state index < -0.39 is 5.92 Å². The normalized spacial score (nSPS) is 19.9. The van der Waals surface area contributed by atoms with Gasteiger partial charge >= 0.3 is 0 Å². The Hall–Kier alpha value is -1.42. The number of anilines is 1. The summed E-state index contributed by atoms with van der Waals surface area (Å²) < 4.78 is 28.4. The molecule has 2 nitrogen and oxygen atoms in total. The number of halogens is 2. The second-order valence-electron chi connectivity index (χ2n) is 5.14. The summed E-state index contributed by atoms with van der Waals surface area (Å²) in [5.74, 6) is -2.76. The van der Waals surface area contributed by atoms with E-state index in [0.29, 0.717) is 18.5 Å². The van der Waals surface area contributed by atoms with E-state index in [1.807, 2.05) is 37.2 Å². The van der Waals surface area contributed by atoms with Gasteiger partial charge in [-0.2, -0.15) is 0 Å². The first-order valence-corrected chi connectivity index (χ1v) is 6.57. The van der Waals surface area contributed by atoms with Crippen molar-refractivity contribution in [2.75, 3.05) is 32.5 Å². The Morgan fingerprint density at radius 2 is 2.05 bits per heavy atom. The van der Waals surface area contributed by atoms with Crippen LogP contribution in [-0.4, -0.2) is 38.0 Å². The predicted octanol–water partition coefficient (Wildman–Crippen LogP) is 3.47. The number of hydrogen-bond donors (Lipinski definition) is 1. The highest BCUT2D eigenvalue weighted by atomic mass is 19.3. The van der Waals surface area contributed by atoms with E-state index >= 15 is 0 Å². The lowest BCUT2D eigenvalue weighted by Gasteiger charge is -2.18. The molecule has 1 aromatic rings. The van der Waals surface area contributed by atoms with Crippen LogP contribution in [0.25, 0.3) is 5.57 Å². The summed E-state index contributed by atoms with van der Waals surface area (Å²) in [4.78, 5) is 2.00. The molecule has 0 aromatic heterocycles. The second-order valence-corrected chi connectivity index (χ2v) is 5.14. The lowest BCUT2D eigenvalue weighted by Crippen LogP contribution is -2.20. The lowest BCUT2D eigenvalue weighted by atomic mass is 9.96. The van der Waals surface area contributed by atoms with Gasteiger partial charge in [-0.25, -0.2) is 8.78 Å². The number of alkyl halides is 2. The number of para-hydroxylation sites is 1. The summed E-state index contributed by atoms with van der Waals surface area (Å²) in [6, 6.07) is 7.30. The zero-order valence-corrected chi connectivity index (χ0v) is 11.4. The van der Waals surface area contributed by atoms with E-state index in [-0.39, 0.29) is 12.0 Å². The van der Waals surface area contributed by atoms with Gasteiger partial charge in [-0.05, 0) is 26.6 Å². The number of nitrogens with zero attached hydrogens (tertiary/aromatic N) is 1. The first-order chi connectivity index (χ1) is 9.00. The van der Waals surface area contributed by atoms with Gasteiger partial charge in [0.05, 0.1) is 0 Å². The van der Waals surface area contributed by atoms with Crippen LogP contribution in [0.4, 0.5) is 14.5 Å². The van der Waals surface area contributed by atoms with Gasteiger partial charge in [0.1, 0.15) is 0 Å². The summed E-state index contributed by atoms with van der Waals surface area (Å²) in [5, 5.41) is 3.08. The van der Waals surface area contributed by atoms with Gasteiger partial charge < -0.3 is 10.2 Å². The van der Waals surface area contributed by atoms with Crippen LogP contribution in [0.3, 0.4) is 0 Å². The fourth-order valence-electron chi connectivity index (χ4n) is 2.28. The van der Waals surface area contributed by atoms with Gasteiger partial charge in [-0.3, -0.25) is 0 Å². The van der Waals surface area contributed by atoms with Crippen LogP contribution < -0.4 is 5.32 Å². The van der Waals surface area contributed by atoms with Crippen molar-refractivity contribution >= 4 is 11.3 Å². The Morgan fingerprint density at radius 3 is 2.79 bits per heavy atom. The Morgan fingerprint density at radius 1 is 1.32 bits per heavy atom. The first kappa shape index (κ1) is 14.0. The topological polar surface area (TPSA) is 15.3 Å². The molecular formula is C15H20F2N2. The molecule has 0 amide bonds. The molecule has 0 atom stereocenters. The minimum atomic E-state index is -2.76. The van der Waals surface area contributed by atoms with E-state index in [9.17, 15) is 8.78 Å². The maximum atomic E-state index is 14.2. The average molecular weight is 266 g/mol. The molecule has 19 heavy (non-hydrogen) atoms. The summed E-state index contributed by atoms with van der Waals surface area (Å²) in [6.07, 6.45) is 2.16. The van der Waals surface area contributed by atoms with Gasteiger partial charge in [0.25, 0.3) is 5.92 Å². The number of benzene rings is 1. The summed E-state index contributed by atoms with van der Waals surface area (Å²) in [6.45, 7) is 1.07. The zero-order valence-electron chi connectivity index (χ0n) is 11.4. The number of fused-ring (bicyclic) bond motifs is 1. The SMILES string of the molecule is CN(C)CCC=C1c2ccccc2NCCC1(F)F. The smallest absolute Gasteiger partial charge is 0.275 e. The maximum absolute atomic E-state index is 14.2. The van der Waals surface area contributed by atoms with Crippen LogP contribution in [0.15, 0.2) is 30.3 Å². The molecule has 1 aliphatic rings. The molecule has 1 aliphatic heterocycles. The quantitative estimate of drug-likeness (QED) is 0.901. The number of allylic oxidation sites excluding steroid dienone is 1. The van der Waals surface area contributed by atoms with E-state index in [0.717, 1.165) is 12.2 Å². The van der Waals surface area contributed by atoms with Crippen LogP contribution in [0.2, 0.25) is 0 Å². The highest BCUT2D eigenvalue weighted by Crippen LogP contribution is 2.40. The number of rotatable bonds is 3. The number of hydrogen-bond acceptors (Lipinski definition) is 2. The van der Waals surface area contributed by atoms with Crippen molar-refractivity contribution in [3.05, 3.63) is 35.9 Å². The van der Waals surface area contributed by atoms with Crippen LogP contribution >= 0.6 is 0 Å². The van der Waals surface area contributed by atoms with Gasteiger partial charge in [-0.1, -0.05) is 24.3 Å². The van der Waals surface area contributed by atoms with Crippen molar-refractivity contribution in [1.29, 1.82) is 0 Å². The van der Waals surface area contributed by atoms with Crippen molar-refractivity contribution in [3.8, 4) is 0 Å². The minimum absolute atomic E-state index is 0.157. The third-order valence-electron chi connectivity index (χ3n) is 3.29. The van der Waals surface area contributed by atoms with Crippen LogP contribution in [0.1, 0.15) is 18.4 Å². The summed E-state index contributed by atoms with van der Waals surface area (Å²) >= 11 is 0. The average Bonchev–Trinajstić information content (AvgIpc) is 2.46. The molecule has 0 aliphatic carbocycles. The Bertz CT molecular complexity index is 467. The molecule has 0 fully saturated rings. The molecule has 0 saturated heterocycles. The molecule has 0 saturated carbocycles. The molecule has 4 heteroatoms. The van der Waals surface area contributed by atoms with Gasteiger partial charge in [0, 0.05) is 36.3 Å². The van der Waals surface area contributed by atoms with Crippen LogP contribution in [0, 0.1) is 0 Å². The van der Waals surface area contributed by atoms with Gasteiger partial charge in [0.15, 0.2) is 0 Å². The van der Waals surface area contributed by atoms with Crippen molar-refractivity contribution in [3.63, 3.8) is 0 Å². The minimum Gasteiger partial charge on any atom is -0.384 e. The van der Waals surface area contributed by atoms with Crippen LogP contribution in [-0.2, 0) is 0 Å². The lowest BCUT2D eigenvalue weighted by molar-refractivity contribution is 0.0618. The van der Waals surface area contributed by atoms with Crippen molar-refractivity contribution in [2.45, 2.75) is 18.8 Å². The molecule has 0 unspecified atom stereocenters. The van der Waals surface area contributed by atoms with Crippen molar-refractivity contribution in [2.24, 2.45) is 0 Å². The molecule has 1 heterocycles. The monoisotopic (exact) mass is 266 g/mol. The zero-order chi connectivity index (χ0) is 13.9. The van der Waals surface area contributed by atoms with Gasteiger partial charge in [0.2, 0.25) is 0 Å². The Kier molecular flexibility index (Phi) is 4.20. The highest BCUT2D eigenvalue weighted by Gasteiger charge is 2.37. The number of nitrogens with one attached hydrogen (secondary N) is 1. The summed E-state index contributed by atoms with van der Waals surface area (Å²) in [7, 11) is 3.89. The molecule has 0 radical (unpaired) electrons. The second kappa shape index (κ2) is 5.70. The molecule has 0 spiro atoms. The molecule has 104 valence electrons. The van der Waals surface area contributed by atoms with E-state index in [4.69, 9.17) is 0 Å². The van der Waals surface area contributed by atoms with E-state index in [1.54, 1.807) is 12.1 Å². The molecule has 2 rings (SSSR count). The van der Waals surface area contributed by atoms with E-state index in [1.165, 1.54) is 0 Å². The predicted molar refractivity (Wildman–Crippen MR) is 75.6 cm³/mol. The molecule has 1 N–H and O–H groups in total.